The molecule has 1 radical (unpaired) electrons. The summed E-state index contributed by atoms with van der Waals surface area (Å²) in [4.78, 5) is 42.8. The third kappa shape index (κ3) is 33.1. The molecule has 0 atom stereocenters. The number of nitrogens with one attached hydrogen (secondary N) is 2. The number of anilines is 2. The maximum absolute atomic E-state index is 9.28. The average molecular weight is 522 g/mol. The van der Waals surface area contributed by atoms with Crippen molar-refractivity contribution in [3.63, 3.8) is 0 Å². The number of H-pyrrole nitrogens is 2. The number of carbonyl (C=O) groups excluding carboxylic acids is 4. The van der Waals surface area contributed by atoms with Gasteiger partial charge < -0.3 is 50.6 Å². The van der Waals surface area contributed by atoms with Crippen molar-refractivity contribution in [2.75, 3.05) is 11.5 Å². The van der Waals surface area contributed by atoms with Gasteiger partial charge in [0, 0.05) is 48.9 Å². The van der Waals surface area contributed by atoms with Gasteiger partial charge in [-0.3, -0.25) is 11.5 Å². The number of rotatable bonds is 4. The summed E-state index contributed by atoms with van der Waals surface area (Å²) in [6.45, 7) is 4.01. The third-order valence-electron chi connectivity index (χ3n) is 2.54. The molecule has 14 nitrogen and oxygen atoms in total. The molecule has 0 aliphatic rings. The van der Waals surface area contributed by atoms with Crippen LogP contribution in [0.15, 0.2) is 36.7 Å². The smallest absolute Gasteiger partial charge is 0.550 e. The Balaban J connectivity index is -0.000000103. The Morgan fingerprint density at radius 1 is 0.697 bits per heavy atom. The minimum atomic E-state index is -1.63. The Kier molecular flexibility index (Phi) is 27.5. The zero-order valence-electron chi connectivity index (χ0n) is 17.6. The van der Waals surface area contributed by atoms with Crippen molar-refractivity contribution in [3.8, 4) is 0 Å². The van der Waals surface area contributed by atoms with E-state index in [0.717, 1.165) is 0 Å². The van der Waals surface area contributed by atoms with Crippen LogP contribution in [-0.4, -0.2) is 34.8 Å². The molecule has 0 amide bonds. The number of nitrogen functional groups attached to an aromatic ring is 2. The standard InChI is InChI=1S/2C6H8N2.2C3H4O4.Cu.2H2O/c2*1-5-2-3-8-6(7)4-5;2*4-2(5)1-3(6)7;;;/h2*2-4H,1H3,(H2,7,8);2*1H2,(H,4,5)(H,6,7);;2*1H2/q;;;;+2;;/p-2. The number of aryl methyl sites for hydroxylation is 2. The molecule has 15 heteroatoms. The van der Waals surface area contributed by atoms with Gasteiger partial charge in [-0.05, 0) is 37.1 Å². The number of carboxylic acid groups (broad SMARTS) is 4. The number of aromatic nitrogens is 2. The fraction of sp³-hybridized carbons (Fsp3) is 0.222. The van der Waals surface area contributed by atoms with Crippen molar-refractivity contribution in [3.05, 3.63) is 47.8 Å². The van der Waals surface area contributed by atoms with Gasteiger partial charge in [-0.2, -0.15) is 0 Å². The van der Waals surface area contributed by atoms with Gasteiger partial charge in [0.1, 0.15) is 0 Å². The molecule has 2 rings (SSSR count). The summed E-state index contributed by atoms with van der Waals surface area (Å²) in [5.41, 5.74) is 13.2. The molecule has 0 aliphatic carbocycles. The van der Waals surface area contributed by atoms with E-state index in [1.54, 1.807) is 0 Å². The number of carbonyl (C=O) groups is 4. The molecule has 2 aromatic rings. The molecule has 33 heavy (non-hydrogen) atoms. The summed E-state index contributed by atoms with van der Waals surface area (Å²) in [5.74, 6) is -5.07. The molecule has 0 unspecified atom stereocenters. The summed E-state index contributed by atoms with van der Waals surface area (Å²) in [6.07, 6.45) is 1.59. The minimum Gasteiger partial charge on any atom is -0.550 e. The summed E-state index contributed by atoms with van der Waals surface area (Å²) < 4.78 is 0. The fourth-order valence-corrected chi connectivity index (χ4v) is 1.44. The van der Waals surface area contributed by atoms with Gasteiger partial charge in [0.25, 0.3) is 11.6 Å². The van der Waals surface area contributed by atoms with Crippen LogP contribution in [0.25, 0.3) is 0 Å². The number of carboxylic acids is 4. The minimum absolute atomic E-state index is 0. The number of nitrogens with two attached hydrogens (primary N) is 2. The van der Waals surface area contributed by atoms with Crippen LogP contribution in [-0.2, 0) is 36.2 Å². The second-order valence-electron chi connectivity index (χ2n) is 5.48. The number of aliphatic carboxylic acids is 4. The normalized spacial score (nSPS) is 7.82. The molecule has 0 aliphatic heterocycles. The number of pyridine rings is 2. The Hall–Kier alpha value is -3.78. The molecule has 0 spiro atoms. The van der Waals surface area contributed by atoms with E-state index >= 15 is 0 Å². The first kappa shape index (κ1) is 39.7. The molecule has 0 aromatic carbocycles. The average Bonchev–Trinajstić information content (AvgIpc) is 2.53. The second kappa shape index (κ2) is 22.9. The zero-order valence-corrected chi connectivity index (χ0v) is 18.5. The largest absolute Gasteiger partial charge is 2.00 e. The first-order valence-electron chi connectivity index (χ1n) is 8.10. The van der Waals surface area contributed by atoms with Gasteiger partial charge in [0.2, 0.25) is 0 Å². The van der Waals surface area contributed by atoms with E-state index in [1.807, 2.05) is 50.5 Å². The predicted octanol–water partition coefficient (Wildman–Crippen LogP) is -7.12. The van der Waals surface area contributed by atoms with Crippen molar-refractivity contribution >= 4 is 35.5 Å². The van der Waals surface area contributed by atoms with Gasteiger partial charge in [-0.15, -0.1) is 0 Å². The van der Waals surface area contributed by atoms with Crippen molar-refractivity contribution in [2.24, 2.45) is 0 Å². The van der Waals surface area contributed by atoms with Gasteiger partial charge in [0.15, 0.2) is 0 Å². The molecule has 0 saturated heterocycles. The maximum Gasteiger partial charge on any atom is 2.00 e. The summed E-state index contributed by atoms with van der Waals surface area (Å²) in [5, 5.41) is 37.1. The maximum atomic E-state index is 9.28. The fourth-order valence-electron chi connectivity index (χ4n) is 1.44. The van der Waals surface area contributed by atoms with Gasteiger partial charge in [0.05, 0.1) is 12.4 Å². The van der Waals surface area contributed by atoms with Crippen molar-refractivity contribution in [1.82, 2.24) is 0 Å². The van der Waals surface area contributed by atoms with Crippen LogP contribution < -0.4 is 41.9 Å². The molecular formula is C18H26CuN4O10. The van der Waals surface area contributed by atoms with Crippen LogP contribution in [0.1, 0.15) is 24.0 Å². The number of aromatic amines is 2. The van der Waals surface area contributed by atoms with Crippen LogP contribution in [0.4, 0.5) is 11.6 Å². The number of hydrogen-bond donors (Lipinski definition) is 2. The van der Waals surface area contributed by atoms with Crippen LogP contribution in [0.2, 0.25) is 0 Å². The van der Waals surface area contributed by atoms with Gasteiger partial charge in [-0.25, -0.2) is 9.97 Å². The summed E-state index contributed by atoms with van der Waals surface area (Å²) in [7, 11) is 0. The molecule has 0 bridgehead atoms. The predicted molar refractivity (Wildman–Crippen MR) is 101 cm³/mol. The van der Waals surface area contributed by atoms with Crippen LogP contribution in [0, 0.1) is 13.8 Å². The van der Waals surface area contributed by atoms with Crippen LogP contribution in [0.5, 0.6) is 0 Å². The Morgan fingerprint density at radius 2 is 0.939 bits per heavy atom. The molecule has 189 valence electrons. The van der Waals surface area contributed by atoms with E-state index in [9.17, 15) is 39.6 Å². The molecule has 2 heterocycles. The number of hydrogen-bond acceptors (Lipinski definition) is 10. The van der Waals surface area contributed by atoms with E-state index in [0.29, 0.717) is 11.6 Å². The first-order chi connectivity index (χ1) is 13.8. The zero-order chi connectivity index (χ0) is 23.7. The monoisotopic (exact) mass is 521 g/mol. The van der Waals surface area contributed by atoms with Crippen molar-refractivity contribution in [1.29, 1.82) is 0 Å². The van der Waals surface area contributed by atoms with Crippen LogP contribution in [0.3, 0.4) is 0 Å². The van der Waals surface area contributed by atoms with Crippen molar-refractivity contribution < 1.29 is 77.6 Å². The second-order valence-corrected chi connectivity index (χ2v) is 5.48. The van der Waals surface area contributed by atoms with E-state index in [4.69, 9.17) is 11.5 Å². The summed E-state index contributed by atoms with van der Waals surface area (Å²) in [6, 6.07) is 7.72. The molecule has 10 N–H and O–H groups in total. The third-order valence-corrected chi connectivity index (χ3v) is 2.54. The topological polar surface area (TPSA) is 304 Å². The molecule has 0 saturated carbocycles. The first-order valence-corrected chi connectivity index (χ1v) is 8.10. The SMILES string of the molecule is Cc1cc[nH+]c(N)c1.Cc1cc[nH+]c(N)c1.O.O.O=C([O-])CC(=O)[O-].O=C([O-])CC(=O)[O-].[Cu+2]. The molecule has 2 aromatic heterocycles. The van der Waals surface area contributed by atoms with E-state index in [1.165, 1.54) is 11.1 Å². The molecular weight excluding hydrogens is 496 g/mol. The summed E-state index contributed by atoms with van der Waals surface area (Å²) >= 11 is 0. The molecule has 0 fully saturated rings. The van der Waals surface area contributed by atoms with E-state index in [2.05, 4.69) is 9.97 Å². The Bertz CT molecular complexity index is 724. The Labute approximate surface area is 199 Å². The van der Waals surface area contributed by atoms with Gasteiger partial charge >= 0.3 is 17.1 Å². The van der Waals surface area contributed by atoms with E-state index < -0.39 is 36.7 Å². The van der Waals surface area contributed by atoms with Crippen molar-refractivity contribution in [2.45, 2.75) is 26.7 Å². The van der Waals surface area contributed by atoms with Gasteiger partial charge in [-0.1, -0.05) is 0 Å². The van der Waals surface area contributed by atoms with Crippen LogP contribution >= 0.6 is 0 Å². The quantitative estimate of drug-likeness (QED) is 0.282. The Morgan fingerprint density at radius 3 is 1.03 bits per heavy atom. The van der Waals surface area contributed by atoms with E-state index in [-0.39, 0.29) is 28.0 Å².